The number of pyridine rings is 1. The van der Waals surface area contributed by atoms with E-state index in [0.717, 1.165) is 30.4 Å². The molecule has 1 aliphatic heterocycles. The number of fused-ring (bicyclic) bond motifs is 2. The summed E-state index contributed by atoms with van der Waals surface area (Å²) in [5.74, 6) is 1.90. The molecule has 1 fully saturated rings. The monoisotopic (exact) mass is 392 g/mol. The standard InChI is InChI=1S/C20H20N6OS/c1-13-22-17-15(7-8-21-19(17)24(13)2)20(27)26-11-9-25(10-12-26)18-14-5-3-4-6-16(14)28-23-18/h3-8H,9-12H2,1-2H3. The van der Waals surface area contributed by atoms with Crippen molar-refractivity contribution in [2.24, 2.45) is 7.05 Å². The third kappa shape index (κ3) is 2.63. The maximum atomic E-state index is 13.2. The van der Waals surface area contributed by atoms with Crippen molar-refractivity contribution in [2.45, 2.75) is 6.92 Å². The number of anilines is 1. The van der Waals surface area contributed by atoms with Gasteiger partial charge in [0, 0.05) is 44.8 Å². The van der Waals surface area contributed by atoms with Gasteiger partial charge in [0.05, 0.1) is 10.3 Å². The van der Waals surface area contributed by atoms with E-state index in [-0.39, 0.29) is 5.91 Å². The Bertz CT molecular complexity index is 1190. The molecular weight excluding hydrogens is 372 g/mol. The summed E-state index contributed by atoms with van der Waals surface area (Å²) in [5.41, 5.74) is 2.05. The second-order valence-electron chi connectivity index (χ2n) is 7.03. The lowest BCUT2D eigenvalue weighted by Crippen LogP contribution is -2.49. The highest BCUT2D eigenvalue weighted by Gasteiger charge is 2.26. The summed E-state index contributed by atoms with van der Waals surface area (Å²) in [6.07, 6.45) is 1.69. The normalized spacial score (nSPS) is 14.9. The van der Waals surface area contributed by atoms with Gasteiger partial charge in [-0.3, -0.25) is 4.79 Å². The van der Waals surface area contributed by atoms with Gasteiger partial charge in [-0.25, -0.2) is 9.97 Å². The van der Waals surface area contributed by atoms with Crippen molar-refractivity contribution < 1.29 is 4.79 Å². The van der Waals surface area contributed by atoms with E-state index in [1.54, 1.807) is 12.3 Å². The number of rotatable bonds is 2. The van der Waals surface area contributed by atoms with E-state index in [2.05, 4.69) is 31.4 Å². The van der Waals surface area contributed by atoms with E-state index in [1.807, 2.05) is 35.6 Å². The predicted octanol–water partition coefficient (Wildman–Crippen LogP) is 2.85. The molecule has 3 aromatic heterocycles. The van der Waals surface area contributed by atoms with Crippen LogP contribution >= 0.6 is 11.5 Å². The van der Waals surface area contributed by atoms with Crippen LogP contribution in [0.25, 0.3) is 21.3 Å². The van der Waals surface area contributed by atoms with E-state index in [9.17, 15) is 4.79 Å². The number of aromatic nitrogens is 4. The molecule has 0 bridgehead atoms. The molecule has 0 atom stereocenters. The van der Waals surface area contributed by atoms with Gasteiger partial charge in [-0.1, -0.05) is 12.1 Å². The third-order valence-electron chi connectivity index (χ3n) is 5.44. The van der Waals surface area contributed by atoms with Gasteiger partial charge in [-0.05, 0) is 36.7 Å². The van der Waals surface area contributed by atoms with Crippen molar-refractivity contribution in [2.75, 3.05) is 31.1 Å². The number of hydrogen-bond donors (Lipinski definition) is 0. The maximum Gasteiger partial charge on any atom is 0.256 e. The second-order valence-corrected chi connectivity index (χ2v) is 7.84. The number of aryl methyl sites for hydroxylation is 2. The zero-order valence-electron chi connectivity index (χ0n) is 15.8. The van der Waals surface area contributed by atoms with E-state index in [4.69, 9.17) is 0 Å². The SMILES string of the molecule is Cc1nc2c(C(=O)N3CCN(c4nsc5ccccc45)CC3)ccnc2n1C. The molecule has 4 aromatic rings. The zero-order chi connectivity index (χ0) is 19.3. The summed E-state index contributed by atoms with van der Waals surface area (Å²) >= 11 is 1.53. The number of benzene rings is 1. The molecule has 0 radical (unpaired) electrons. The van der Waals surface area contributed by atoms with Crippen LogP contribution < -0.4 is 4.90 Å². The van der Waals surface area contributed by atoms with E-state index < -0.39 is 0 Å². The average Bonchev–Trinajstić information content (AvgIpc) is 3.29. The van der Waals surface area contributed by atoms with Crippen molar-refractivity contribution in [1.82, 2.24) is 23.8 Å². The van der Waals surface area contributed by atoms with Gasteiger partial charge < -0.3 is 14.4 Å². The number of carbonyl (C=O) groups excluding carboxylic acids is 1. The van der Waals surface area contributed by atoms with Gasteiger partial charge in [-0.15, -0.1) is 0 Å². The largest absolute Gasteiger partial charge is 0.352 e. The highest BCUT2D eigenvalue weighted by Crippen LogP contribution is 2.30. The van der Waals surface area contributed by atoms with Crippen LogP contribution in [0.5, 0.6) is 0 Å². The summed E-state index contributed by atoms with van der Waals surface area (Å²) in [6.45, 7) is 4.80. The van der Waals surface area contributed by atoms with Gasteiger partial charge in [0.15, 0.2) is 5.65 Å². The van der Waals surface area contributed by atoms with Crippen LogP contribution in [-0.2, 0) is 7.05 Å². The van der Waals surface area contributed by atoms with Crippen LogP contribution in [0, 0.1) is 6.92 Å². The van der Waals surface area contributed by atoms with Gasteiger partial charge in [-0.2, -0.15) is 4.37 Å². The molecular formula is C20H20N6OS. The molecule has 5 rings (SSSR count). The minimum Gasteiger partial charge on any atom is -0.352 e. The van der Waals surface area contributed by atoms with Crippen LogP contribution in [0.2, 0.25) is 0 Å². The fourth-order valence-corrected chi connectivity index (χ4v) is 4.55. The van der Waals surface area contributed by atoms with Gasteiger partial charge in [0.1, 0.15) is 17.2 Å². The molecule has 142 valence electrons. The van der Waals surface area contributed by atoms with Crippen LogP contribution in [-0.4, -0.2) is 55.9 Å². The van der Waals surface area contributed by atoms with Crippen molar-refractivity contribution in [3.8, 4) is 0 Å². The molecule has 0 aliphatic carbocycles. The predicted molar refractivity (Wildman–Crippen MR) is 111 cm³/mol. The molecule has 4 heterocycles. The van der Waals surface area contributed by atoms with Gasteiger partial charge in [0.25, 0.3) is 5.91 Å². The van der Waals surface area contributed by atoms with E-state index in [1.165, 1.54) is 21.6 Å². The molecule has 8 heteroatoms. The zero-order valence-corrected chi connectivity index (χ0v) is 16.6. The number of carbonyl (C=O) groups is 1. The Kier molecular flexibility index (Phi) is 4.01. The van der Waals surface area contributed by atoms with Crippen molar-refractivity contribution in [3.63, 3.8) is 0 Å². The lowest BCUT2D eigenvalue weighted by Gasteiger charge is -2.35. The average molecular weight is 392 g/mol. The second kappa shape index (κ2) is 6.56. The molecule has 0 spiro atoms. The smallest absolute Gasteiger partial charge is 0.256 e. The first kappa shape index (κ1) is 17.1. The minimum atomic E-state index is 0.0216. The maximum absolute atomic E-state index is 13.2. The highest BCUT2D eigenvalue weighted by molar-refractivity contribution is 7.13. The number of piperazine rings is 1. The Hall–Kier alpha value is -3.00. The molecule has 7 nitrogen and oxygen atoms in total. The Morgan fingerprint density at radius 1 is 1.11 bits per heavy atom. The van der Waals surface area contributed by atoms with Crippen molar-refractivity contribution in [3.05, 3.63) is 47.9 Å². The number of amides is 1. The summed E-state index contributed by atoms with van der Waals surface area (Å²) in [7, 11) is 1.92. The topological polar surface area (TPSA) is 67.2 Å². The van der Waals surface area contributed by atoms with Crippen molar-refractivity contribution >= 4 is 44.5 Å². The van der Waals surface area contributed by atoms with Crippen LogP contribution in [0.4, 0.5) is 5.82 Å². The molecule has 28 heavy (non-hydrogen) atoms. The number of hydrogen-bond acceptors (Lipinski definition) is 6. The van der Waals surface area contributed by atoms with Gasteiger partial charge in [0.2, 0.25) is 0 Å². The first-order valence-corrected chi connectivity index (χ1v) is 10.1. The highest BCUT2D eigenvalue weighted by atomic mass is 32.1. The lowest BCUT2D eigenvalue weighted by atomic mass is 10.2. The van der Waals surface area contributed by atoms with E-state index in [0.29, 0.717) is 24.2 Å². The molecule has 1 aliphatic rings. The Morgan fingerprint density at radius 3 is 2.71 bits per heavy atom. The first-order chi connectivity index (χ1) is 13.6. The number of imidazole rings is 1. The molecule has 0 saturated carbocycles. The van der Waals surface area contributed by atoms with Crippen LogP contribution in [0.15, 0.2) is 36.5 Å². The van der Waals surface area contributed by atoms with Gasteiger partial charge >= 0.3 is 0 Å². The summed E-state index contributed by atoms with van der Waals surface area (Å²) in [5, 5.41) is 1.19. The Balaban J connectivity index is 1.37. The number of nitrogens with zero attached hydrogens (tertiary/aromatic N) is 6. The van der Waals surface area contributed by atoms with E-state index >= 15 is 0 Å². The molecule has 1 saturated heterocycles. The first-order valence-electron chi connectivity index (χ1n) is 9.30. The molecule has 0 unspecified atom stereocenters. The molecule has 1 aromatic carbocycles. The Morgan fingerprint density at radius 2 is 1.89 bits per heavy atom. The quantitative estimate of drug-likeness (QED) is 0.525. The minimum absolute atomic E-state index is 0.0216. The fourth-order valence-electron chi connectivity index (χ4n) is 3.75. The van der Waals surface area contributed by atoms with Crippen LogP contribution in [0.1, 0.15) is 16.2 Å². The molecule has 1 amide bonds. The summed E-state index contributed by atoms with van der Waals surface area (Å²) in [4.78, 5) is 26.3. The summed E-state index contributed by atoms with van der Waals surface area (Å²) in [6, 6.07) is 10.1. The Labute approximate surface area is 166 Å². The fraction of sp³-hybridized carbons (Fsp3) is 0.300. The van der Waals surface area contributed by atoms with Crippen molar-refractivity contribution in [1.29, 1.82) is 0 Å². The third-order valence-corrected chi connectivity index (χ3v) is 6.25. The lowest BCUT2D eigenvalue weighted by molar-refractivity contribution is 0.0748. The van der Waals surface area contributed by atoms with Crippen LogP contribution in [0.3, 0.4) is 0 Å². The summed E-state index contributed by atoms with van der Waals surface area (Å²) < 4.78 is 7.75. The molecule has 0 N–H and O–H groups in total.